The second kappa shape index (κ2) is 14.3. The Balaban J connectivity index is 1.99. The van der Waals surface area contributed by atoms with Crippen LogP contribution in [-0.2, 0) is 16.1 Å². The lowest BCUT2D eigenvalue weighted by molar-refractivity contribution is -0.0232. The number of alkyl halides is 3. The van der Waals surface area contributed by atoms with E-state index in [1.165, 1.54) is 21.2 Å². The van der Waals surface area contributed by atoms with E-state index in [0.717, 1.165) is 11.3 Å². The second-order valence-corrected chi connectivity index (χ2v) is 12.8. The normalized spacial score (nSPS) is 14.1. The minimum atomic E-state index is -0.863. The van der Waals surface area contributed by atoms with Crippen molar-refractivity contribution < 1.29 is 37.0 Å². The Kier molecular flexibility index (Phi) is 11.4. The lowest BCUT2D eigenvalue weighted by Gasteiger charge is -2.39. The summed E-state index contributed by atoms with van der Waals surface area (Å²) in [5.74, 6) is 0.259. The Morgan fingerprint density at radius 3 is 2.14 bits per heavy atom. The molecule has 1 saturated heterocycles. The molecule has 1 aliphatic heterocycles. The van der Waals surface area contributed by atoms with Crippen molar-refractivity contribution in [1.82, 2.24) is 19.9 Å². The number of hydrogen-bond donors (Lipinski definition) is 0. The van der Waals surface area contributed by atoms with Gasteiger partial charge in [-0.2, -0.15) is 4.98 Å². The number of rotatable bonds is 12. The smallest absolute Gasteiger partial charge is 0.416 e. The first-order valence-electron chi connectivity index (χ1n) is 13.9. The van der Waals surface area contributed by atoms with Crippen LogP contribution in [0, 0.1) is 0 Å². The molecule has 2 amide bonds. The Morgan fingerprint density at radius 1 is 1.00 bits per heavy atom. The van der Waals surface area contributed by atoms with Crippen molar-refractivity contribution in [2.75, 3.05) is 31.3 Å². The van der Waals surface area contributed by atoms with Crippen LogP contribution in [0.1, 0.15) is 72.9 Å². The van der Waals surface area contributed by atoms with Gasteiger partial charge in [0.2, 0.25) is 5.88 Å². The van der Waals surface area contributed by atoms with Crippen molar-refractivity contribution >= 4 is 29.3 Å². The van der Waals surface area contributed by atoms with Gasteiger partial charge in [-0.1, -0.05) is 0 Å². The number of nitrogens with zero attached hydrogens (tertiary/aromatic N) is 5. The molecule has 2 aromatic rings. The van der Waals surface area contributed by atoms with Gasteiger partial charge < -0.3 is 19.1 Å². The Hall–Kier alpha value is -3.16. The molecular weight excluding hydrogens is 575 g/mol. The molecule has 0 spiro atoms. The minimum Gasteiger partial charge on any atom is -0.470 e. The Labute approximate surface area is 248 Å². The van der Waals surface area contributed by atoms with Gasteiger partial charge >= 0.3 is 12.2 Å². The van der Waals surface area contributed by atoms with Crippen molar-refractivity contribution in [3.8, 4) is 16.7 Å². The van der Waals surface area contributed by atoms with Gasteiger partial charge in [0.1, 0.15) is 29.8 Å². The SMILES string of the molecule is CC(C)(C)OC(=O)N1CC(Oc2cc(N(C(=O)OC(C)(C)C)C(CCCF)CCCF)nc(-c3nc(CF)cs3)n2)C1. The third-order valence-electron chi connectivity index (χ3n) is 5.90. The van der Waals surface area contributed by atoms with E-state index in [4.69, 9.17) is 14.2 Å². The van der Waals surface area contributed by atoms with Crippen molar-refractivity contribution in [3.63, 3.8) is 0 Å². The molecule has 0 unspecified atom stereocenters. The fraction of sp³-hybridized carbons (Fsp3) is 0.679. The molecule has 0 aliphatic carbocycles. The topological polar surface area (TPSA) is 107 Å². The Morgan fingerprint density at radius 2 is 1.62 bits per heavy atom. The number of amides is 2. The predicted molar refractivity (Wildman–Crippen MR) is 153 cm³/mol. The number of ether oxygens (including phenoxy) is 3. The lowest BCUT2D eigenvalue weighted by atomic mass is 10.0. The first kappa shape index (κ1) is 33.3. The number of aromatic nitrogens is 3. The molecule has 234 valence electrons. The molecule has 3 rings (SSSR count). The first-order valence-corrected chi connectivity index (χ1v) is 14.8. The van der Waals surface area contributed by atoms with E-state index >= 15 is 0 Å². The fourth-order valence-corrected chi connectivity index (χ4v) is 4.82. The second-order valence-electron chi connectivity index (χ2n) is 12.0. The van der Waals surface area contributed by atoms with Gasteiger partial charge in [-0.05, 0) is 67.2 Å². The van der Waals surface area contributed by atoms with Crippen LogP contribution in [0.5, 0.6) is 5.88 Å². The maximum absolute atomic E-state index is 13.6. The van der Waals surface area contributed by atoms with Crippen molar-refractivity contribution in [1.29, 1.82) is 0 Å². The predicted octanol–water partition coefficient (Wildman–Crippen LogP) is 6.68. The zero-order valence-electron chi connectivity index (χ0n) is 25.0. The van der Waals surface area contributed by atoms with Crippen LogP contribution in [0.25, 0.3) is 10.8 Å². The molecule has 0 bridgehead atoms. The van der Waals surface area contributed by atoms with Crippen LogP contribution < -0.4 is 9.64 Å². The van der Waals surface area contributed by atoms with Gasteiger partial charge in [-0.25, -0.2) is 23.9 Å². The Bertz CT molecular complexity index is 1190. The molecule has 0 aromatic carbocycles. The first-order chi connectivity index (χ1) is 19.7. The average Bonchev–Trinajstić information content (AvgIpc) is 3.34. The van der Waals surface area contributed by atoms with Crippen LogP contribution in [0.3, 0.4) is 0 Å². The number of likely N-dealkylation sites (tertiary alicyclic amines) is 1. The van der Waals surface area contributed by atoms with Gasteiger partial charge in [0.05, 0.1) is 32.1 Å². The number of carbonyl (C=O) groups excluding carboxylic acids is 2. The quantitative estimate of drug-likeness (QED) is 0.260. The van der Waals surface area contributed by atoms with Gasteiger partial charge in [0.25, 0.3) is 0 Å². The van der Waals surface area contributed by atoms with Crippen molar-refractivity contribution in [2.24, 2.45) is 0 Å². The molecule has 1 aliphatic rings. The summed E-state index contributed by atoms with van der Waals surface area (Å²) in [6, 6.07) is 0.816. The lowest BCUT2D eigenvalue weighted by Crippen LogP contribution is -2.57. The van der Waals surface area contributed by atoms with Gasteiger partial charge in [0.15, 0.2) is 10.8 Å². The monoisotopic (exact) mass is 615 g/mol. The minimum absolute atomic E-state index is 0.0822. The summed E-state index contributed by atoms with van der Waals surface area (Å²) in [5.41, 5.74) is -1.30. The fourth-order valence-electron chi connectivity index (χ4n) is 4.09. The summed E-state index contributed by atoms with van der Waals surface area (Å²) in [5, 5.41) is 1.83. The third kappa shape index (κ3) is 9.70. The standard InChI is InChI=1S/C28H40F3N5O5S/c1-27(2,3)40-25(37)35-15-20(16-35)39-22-13-21(33-23(34-22)24-32-18(14-31)17-42-24)36(26(38)41-28(4,5)6)19(9-7-11-29)10-8-12-30/h13,17,19-20H,7-12,14-16H2,1-6H3. The molecular formula is C28H40F3N5O5S. The summed E-state index contributed by atoms with van der Waals surface area (Å²) in [6.07, 6.45) is -0.866. The van der Waals surface area contributed by atoms with E-state index in [1.54, 1.807) is 41.5 Å². The maximum Gasteiger partial charge on any atom is 0.416 e. The van der Waals surface area contributed by atoms with Crippen molar-refractivity contribution in [2.45, 2.75) is 97.2 Å². The summed E-state index contributed by atoms with van der Waals surface area (Å²) >= 11 is 1.12. The van der Waals surface area contributed by atoms with Crippen molar-refractivity contribution in [3.05, 3.63) is 17.1 Å². The van der Waals surface area contributed by atoms with E-state index in [2.05, 4.69) is 15.0 Å². The average molecular weight is 616 g/mol. The van der Waals surface area contributed by atoms with E-state index < -0.39 is 55.6 Å². The molecule has 14 heteroatoms. The molecule has 2 aromatic heterocycles. The van der Waals surface area contributed by atoms with E-state index in [1.807, 2.05) is 0 Å². The zero-order chi connectivity index (χ0) is 31.1. The van der Waals surface area contributed by atoms with Gasteiger partial charge in [0, 0.05) is 17.5 Å². The van der Waals surface area contributed by atoms with Gasteiger partial charge in [-0.3, -0.25) is 13.7 Å². The number of hydrogen-bond acceptors (Lipinski definition) is 9. The summed E-state index contributed by atoms with van der Waals surface area (Å²) in [4.78, 5) is 41.9. The van der Waals surface area contributed by atoms with Gasteiger partial charge in [-0.15, -0.1) is 11.3 Å². The van der Waals surface area contributed by atoms with Crippen LogP contribution in [-0.4, -0.2) is 81.8 Å². The maximum atomic E-state index is 13.6. The van der Waals surface area contributed by atoms with E-state index in [-0.39, 0.29) is 62.0 Å². The molecule has 10 nitrogen and oxygen atoms in total. The molecule has 0 N–H and O–H groups in total. The highest BCUT2D eigenvalue weighted by Crippen LogP contribution is 2.31. The van der Waals surface area contributed by atoms with Crippen LogP contribution in [0.2, 0.25) is 0 Å². The summed E-state index contributed by atoms with van der Waals surface area (Å²) in [7, 11) is 0. The zero-order valence-corrected chi connectivity index (χ0v) is 25.8. The molecule has 3 heterocycles. The molecule has 42 heavy (non-hydrogen) atoms. The van der Waals surface area contributed by atoms with Crippen LogP contribution >= 0.6 is 11.3 Å². The number of halogens is 3. The molecule has 0 atom stereocenters. The summed E-state index contributed by atoms with van der Waals surface area (Å²) in [6.45, 7) is 8.96. The third-order valence-corrected chi connectivity index (χ3v) is 6.79. The number of carbonyl (C=O) groups is 2. The molecule has 0 radical (unpaired) electrons. The summed E-state index contributed by atoms with van der Waals surface area (Å²) < 4.78 is 56.9. The highest BCUT2D eigenvalue weighted by atomic mass is 32.1. The molecule has 0 saturated carbocycles. The highest BCUT2D eigenvalue weighted by molar-refractivity contribution is 7.13. The number of thiazole rings is 1. The largest absolute Gasteiger partial charge is 0.470 e. The van der Waals surface area contributed by atoms with E-state index in [0.29, 0.717) is 5.01 Å². The van der Waals surface area contributed by atoms with E-state index in [9.17, 15) is 22.8 Å². The van der Waals surface area contributed by atoms with Crippen LogP contribution in [0.15, 0.2) is 11.4 Å². The highest BCUT2D eigenvalue weighted by Gasteiger charge is 2.36. The van der Waals surface area contributed by atoms with Crippen LogP contribution in [0.4, 0.5) is 28.6 Å². The molecule has 1 fully saturated rings. The number of anilines is 1.